The fourth-order valence-electron chi connectivity index (χ4n) is 3.86. The van der Waals surface area contributed by atoms with Gasteiger partial charge in [0.05, 0.1) is 23.5 Å². The van der Waals surface area contributed by atoms with Crippen LogP contribution in [0.2, 0.25) is 5.02 Å². The van der Waals surface area contributed by atoms with Crippen LogP contribution in [0.4, 0.5) is 16.0 Å². The highest BCUT2D eigenvalue weighted by Gasteiger charge is 2.25. The Labute approximate surface area is 203 Å². The van der Waals surface area contributed by atoms with Gasteiger partial charge in [-0.1, -0.05) is 23.7 Å². The number of aromatic carboxylic acids is 1. The van der Waals surface area contributed by atoms with Crippen molar-refractivity contribution in [1.29, 1.82) is 0 Å². The highest BCUT2D eigenvalue weighted by molar-refractivity contribution is 6.31. The van der Waals surface area contributed by atoms with E-state index in [0.29, 0.717) is 33.1 Å². The second-order valence-electron chi connectivity index (χ2n) is 7.72. The number of aliphatic imine (C=N–C) groups is 1. The number of nitrogens with one attached hydrogen (secondary N) is 1. The molecule has 1 aromatic heterocycles. The lowest BCUT2D eigenvalue weighted by Crippen LogP contribution is -2.08. The van der Waals surface area contributed by atoms with Gasteiger partial charge in [0.25, 0.3) is 0 Å². The van der Waals surface area contributed by atoms with Crippen LogP contribution in [0.5, 0.6) is 11.5 Å². The van der Waals surface area contributed by atoms with E-state index in [1.165, 1.54) is 36.4 Å². The average Bonchev–Trinajstić information content (AvgIpc) is 2.96. The lowest BCUT2D eigenvalue weighted by Gasteiger charge is -2.14. The van der Waals surface area contributed by atoms with Crippen molar-refractivity contribution in [3.05, 3.63) is 93.9 Å². The van der Waals surface area contributed by atoms with Gasteiger partial charge in [0.15, 0.2) is 0 Å². The van der Waals surface area contributed by atoms with Crippen molar-refractivity contribution in [2.75, 3.05) is 5.32 Å². The molecular weight excluding hydrogens is 475 g/mol. The summed E-state index contributed by atoms with van der Waals surface area (Å²) >= 11 is 6.26. The highest BCUT2D eigenvalue weighted by Crippen LogP contribution is 2.36. The SMILES string of the molecule is O=C(O)c1ccc(Nc2ncc3c(n2)-c2ccc(Cl)cc2C(c2c(O)cccc2F)=NC3)cc1O. The number of aromatic nitrogens is 2. The second-order valence-corrected chi connectivity index (χ2v) is 8.15. The molecule has 0 saturated carbocycles. The quantitative estimate of drug-likeness (QED) is 0.312. The molecule has 174 valence electrons. The van der Waals surface area contributed by atoms with Gasteiger partial charge in [-0.15, -0.1) is 0 Å². The van der Waals surface area contributed by atoms with Crippen LogP contribution in [0, 0.1) is 5.82 Å². The molecule has 35 heavy (non-hydrogen) atoms. The van der Waals surface area contributed by atoms with Gasteiger partial charge in [0, 0.05) is 39.7 Å². The van der Waals surface area contributed by atoms with Gasteiger partial charge in [-0.3, -0.25) is 4.99 Å². The number of halogens is 2. The summed E-state index contributed by atoms with van der Waals surface area (Å²) in [6, 6.07) is 13.1. The van der Waals surface area contributed by atoms with Gasteiger partial charge in [0.1, 0.15) is 22.9 Å². The Bertz CT molecular complexity index is 1520. The number of carbonyl (C=O) groups is 1. The van der Waals surface area contributed by atoms with Crippen LogP contribution in [-0.4, -0.2) is 37.0 Å². The fraction of sp³-hybridized carbons (Fsp3) is 0.0400. The topological polar surface area (TPSA) is 128 Å². The molecule has 0 saturated heterocycles. The van der Waals surface area contributed by atoms with E-state index in [9.17, 15) is 19.4 Å². The zero-order chi connectivity index (χ0) is 24.7. The number of fused-ring (bicyclic) bond motifs is 3. The third kappa shape index (κ3) is 4.13. The van der Waals surface area contributed by atoms with Crippen molar-refractivity contribution in [2.45, 2.75) is 6.54 Å². The van der Waals surface area contributed by atoms with Crippen LogP contribution in [0.1, 0.15) is 27.0 Å². The second kappa shape index (κ2) is 8.69. The average molecular weight is 491 g/mol. The molecule has 4 aromatic rings. The summed E-state index contributed by atoms with van der Waals surface area (Å²) in [6.45, 7) is 0.124. The van der Waals surface area contributed by atoms with E-state index in [1.807, 2.05) is 0 Å². The Kier molecular flexibility index (Phi) is 5.54. The maximum atomic E-state index is 14.7. The Morgan fingerprint density at radius 1 is 1.03 bits per heavy atom. The van der Waals surface area contributed by atoms with E-state index >= 15 is 0 Å². The van der Waals surface area contributed by atoms with Crippen molar-refractivity contribution in [3.8, 4) is 22.8 Å². The molecule has 10 heteroatoms. The smallest absolute Gasteiger partial charge is 0.339 e. The molecule has 0 atom stereocenters. The number of carboxylic acid groups (broad SMARTS) is 1. The number of hydrogen-bond acceptors (Lipinski definition) is 7. The molecule has 0 aliphatic carbocycles. The monoisotopic (exact) mass is 490 g/mol. The van der Waals surface area contributed by atoms with Crippen LogP contribution in [-0.2, 0) is 6.54 Å². The number of anilines is 2. The van der Waals surface area contributed by atoms with Crippen LogP contribution in [0.25, 0.3) is 11.3 Å². The molecule has 4 N–H and O–H groups in total. The first-order chi connectivity index (χ1) is 16.8. The normalized spacial score (nSPS) is 12.2. The predicted octanol–water partition coefficient (Wildman–Crippen LogP) is 5.14. The highest BCUT2D eigenvalue weighted by atomic mass is 35.5. The Morgan fingerprint density at radius 3 is 2.60 bits per heavy atom. The van der Waals surface area contributed by atoms with E-state index in [2.05, 4.69) is 20.3 Å². The number of carboxylic acids is 1. The molecule has 0 spiro atoms. The minimum atomic E-state index is -1.25. The predicted molar refractivity (Wildman–Crippen MR) is 128 cm³/mol. The first-order valence-electron chi connectivity index (χ1n) is 10.3. The summed E-state index contributed by atoms with van der Waals surface area (Å²) in [5.41, 5.74) is 2.63. The maximum Gasteiger partial charge on any atom is 0.339 e. The molecule has 3 aromatic carbocycles. The molecule has 8 nitrogen and oxygen atoms in total. The Balaban J connectivity index is 1.60. The fourth-order valence-corrected chi connectivity index (χ4v) is 4.04. The van der Waals surface area contributed by atoms with Crippen LogP contribution in [0.3, 0.4) is 0 Å². The van der Waals surface area contributed by atoms with Crippen LogP contribution >= 0.6 is 11.6 Å². The molecule has 2 heterocycles. The number of hydrogen-bond donors (Lipinski definition) is 4. The maximum absolute atomic E-state index is 14.7. The molecule has 0 fully saturated rings. The summed E-state index contributed by atoms with van der Waals surface area (Å²) < 4.78 is 14.7. The molecule has 1 aliphatic rings. The molecule has 0 bridgehead atoms. The summed E-state index contributed by atoms with van der Waals surface area (Å²) in [6.07, 6.45) is 1.57. The first kappa shape index (κ1) is 22.3. The summed E-state index contributed by atoms with van der Waals surface area (Å²) in [4.78, 5) is 24.6. The lowest BCUT2D eigenvalue weighted by molar-refractivity contribution is 0.0693. The van der Waals surface area contributed by atoms with Gasteiger partial charge >= 0.3 is 5.97 Å². The largest absolute Gasteiger partial charge is 0.507 e. The Hall–Kier alpha value is -4.50. The first-order valence-corrected chi connectivity index (χ1v) is 10.7. The van der Waals surface area contributed by atoms with Gasteiger partial charge < -0.3 is 20.6 Å². The number of rotatable bonds is 4. The van der Waals surface area contributed by atoms with E-state index in [0.717, 1.165) is 0 Å². The zero-order valence-corrected chi connectivity index (χ0v) is 18.6. The van der Waals surface area contributed by atoms with Crippen LogP contribution < -0.4 is 5.32 Å². The van der Waals surface area contributed by atoms with Gasteiger partial charge in [-0.05, 0) is 36.4 Å². The van der Waals surface area contributed by atoms with Crippen molar-refractivity contribution >= 4 is 34.9 Å². The van der Waals surface area contributed by atoms with Crippen molar-refractivity contribution in [3.63, 3.8) is 0 Å². The van der Waals surface area contributed by atoms with Gasteiger partial charge in [0.2, 0.25) is 5.95 Å². The van der Waals surface area contributed by atoms with Gasteiger partial charge in [-0.2, -0.15) is 0 Å². The minimum Gasteiger partial charge on any atom is -0.507 e. The summed E-state index contributed by atoms with van der Waals surface area (Å²) in [5, 5.41) is 32.8. The zero-order valence-electron chi connectivity index (χ0n) is 17.8. The third-order valence-electron chi connectivity index (χ3n) is 5.48. The molecule has 0 unspecified atom stereocenters. The van der Waals surface area contributed by atoms with E-state index in [4.69, 9.17) is 16.7 Å². The molecule has 0 radical (unpaired) electrons. The molecular formula is C25H16ClFN4O4. The standard InChI is InChI=1S/C25H16ClFN4O4/c26-13-4-6-15-17(8-13)23(21-18(27)2-1-3-19(21)32)28-10-12-11-29-25(31-22(12)15)30-14-5-7-16(24(34)35)20(33)9-14/h1-9,11,32-33H,10H2,(H,34,35)(H,29,30,31). The molecule has 1 aliphatic heterocycles. The van der Waals surface area contributed by atoms with E-state index in [-0.39, 0.29) is 35.1 Å². The number of nitrogens with zero attached hydrogens (tertiary/aromatic N) is 3. The van der Waals surface area contributed by atoms with Crippen molar-refractivity contribution in [2.24, 2.45) is 4.99 Å². The molecule has 0 amide bonds. The van der Waals surface area contributed by atoms with Crippen LogP contribution in [0.15, 0.2) is 65.8 Å². The van der Waals surface area contributed by atoms with Crippen molar-refractivity contribution in [1.82, 2.24) is 9.97 Å². The van der Waals surface area contributed by atoms with E-state index in [1.54, 1.807) is 24.4 Å². The number of benzene rings is 3. The summed E-state index contributed by atoms with van der Waals surface area (Å²) in [7, 11) is 0. The minimum absolute atomic E-state index is 0.0378. The molecule has 5 rings (SSSR count). The number of phenols is 2. The van der Waals surface area contributed by atoms with Crippen molar-refractivity contribution < 1.29 is 24.5 Å². The number of aromatic hydroxyl groups is 2. The lowest BCUT2D eigenvalue weighted by atomic mass is 9.94. The number of phenolic OH excluding ortho intramolecular Hbond substituents is 1. The summed E-state index contributed by atoms with van der Waals surface area (Å²) in [5.74, 6) is -2.34. The van der Waals surface area contributed by atoms with E-state index < -0.39 is 17.5 Å². The third-order valence-corrected chi connectivity index (χ3v) is 5.71. The van der Waals surface area contributed by atoms with Gasteiger partial charge in [-0.25, -0.2) is 19.2 Å². The Morgan fingerprint density at radius 2 is 1.86 bits per heavy atom.